The fourth-order valence-electron chi connectivity index (χ4n) is 5.15. The second-order valence-corrected chi connectivity index (χ2v) is 11.4. The van der Waals surface area contributed by atoms with Crippen LogP contribution in [-0.2, 0) is 23.6 Å². The maximum atomic E-state index is 11.7. The van der Waals surface area contributed by atoms with Gasteiger partial charge >= 0.3 is 45.0 Å². The van der Waals surface area contributed by atoms with Crippen LogP contribution in [-0.4, -0.2) is 118 Å². The molecule has 4 N–H and O–H groups in total. The summed E-state index contributed by atoms with van der Waals surface area (Å²) in [4.78, 5) is 26.6. The predicted octanol–water partition coefficient (Wildman–Crippen LogP) is -1.93. The van der Waals surface area contributed by atoms with E-state index in [4.69, 9.17) is 28.6 Å². The van der Waals surface area contributed by atoms with E-state index in [0.29, 0.717) is 42.2 Å². The zero-order valence-corrected chi connectivity index (χ0v) is 29.3. The first kappa shape index (κ1) is 44.7. The molecule has 13 nitrogen and oxygen atoms in total. The molecule has 0 aliphatic carbocycles. The fourth-order valence-corrected chi connectivity index (χ4v) is 5.15. The molecule has 0 spiro atoms. The number of benzene rings is 2. The van der Waals surface area contributed by atoms with Crippen molar-refractivity contribution >= 4 is 49.5 Å². The molecule has 2 aromatic carbocycles. The molecule has 2 aromatic rings. The molecule has 17 heteroatoms. The van der Waals surface area contributed by atoms with Crippen LogP contribution in [0.25, 0.3) is 0 Å². The Morgan fingerprint density at radius 1 is 0.809 bits per heavy atom. The molecule has 0 aromatic heterocycles. The summed E-state index contributed by atoms with van der Waals surface area (Å²) < 4.78 is 27.2. The van der Waals surface area contributed by atoms with Crippen LogP contribution in [0.1, 0.15) is 54.2 Å². The Morgan fingerprint density at radius 2 is 1.21 bits per heavy atom. The van der Waals surface area contributed by atoms with Gasteiger partial charge in [0.05, 0.1) is 31.7 Å². The number of aryl methyl sites for hydroxylation is 2. The second kappa shape index (κ2) is 20.9. The summed E-state index contributed by atoms with van der Waals surface area (Å²) in [6.07, 6.45) is -1.15. The van der Waals surface area contributed by atoms with Crippen molar-refractivity contribution in [3.05, 3.63) is 46.5 Å². The number of carbonyl (C=O) groups is 2. The van der Waals surface area contributed by atoms with E-state index in [0.717, 1.165) is 35.3 Å². The molecule has 2 aliphatic heterocycles. The van der Waals surface area contributed by atoms with Crippen molar-refractivity contribution < 1.29 is 72.6 Å². The Balaban J connectivity index is 0.000000849. The van der Waals surface area contributed by atoms with Gasteiger partial charge in [-0.15, -0.1) is 12.4 Å². The first-order valence-corrected chi connectivity index (χ1v) is 14.7. The van der Waals surface area contributed by atoms with Gasteiger partial charge in [-0.05, 0) is 106 Å². The maximum Gasteiger partial charge on any atom is 1.00 e. The molecular weight excluding hydrogens is 628 g/mol. The first-order chi connectivity index (χ1) is 20.8. The first-order valence-electron chi connectivity index (χ1n) is 14.7. The van der Waals surface area contributed by atoms with Crippen LogP contribution in [0.15, 0.2) is 24.3 Å². The molecule has 2 heterocycles. The van der Waals surface area contributed by atoms with Crippen molar-refractivity contribution in [2.75, 3.05) is 61.1 Å². The van der Waals surface area contributed by atoms with Gasteiger partial charge < -0.3 is 53.9 Å². The second-order valence-electron chi connectivity index (χ2n) is 11.4. The number of halogens is 1. The van der Waals surface area contributed by atoms with Gasteiger partial charge in [0.25, 0.3) is 0 Å². The average molecular weight is 675 g/mol. The van der Waals surface area contributed by atoms with Gasteiger partial charge in [0.2, 0.25) is 0 Å². The van der Waals surface area contributed by atoms with Crippen molar-refractivity contribution in [2.45, 2.75) is 45.8 Å². The van der Waals surface area contributed by atoms with Crippen molar-refractivity contribution in [2.24, 2.45) is 0 Å². The standard InChI is InChI=1S/C16H24BNO5.C14H20BNO5.ClH.Li.H2O/c1-5-21-15(19)10-14-16-11(2)8-12(22-7-6-18(3)4)9-13(16)17(20)23-14;1-9-6-10(20-5-4-16(2)3)7-11-14(9)12(8-13(17)18)21-15(11)19;;;/h8-9,14,20H,5-7,10H2,1-4H3;6-7,12,19H,4-5,8H2,1-3H3,(H,17,18);1H;;1H2/q;;;+1;/p-1. The summed E-state index contributed by atoms with van der Waals surface area (Å²) in [5.74, 6) is 0.0725. The monoisotopic (exact) mass is 674 g/mol. The van der Waals surface area contributed by atoms with Crippen LogP contribution in [0.2, 0.25) is 0 Å². The number of rotatable bonds is 13. The van der Waals surface area contributed by atoms with Crippen LogP contribution in [0, 0.1) is 13.8 Å². The fraction of sp³-hybridized carbons (Fsp3) is 0.533. The minimum Gasteiger partial charge on any atom is -0.870 e. The van der Waals surface area contributed by atoms with E-state index in [2.05, 4.69) is 0 Å². The quantitative estimate of drug-likeness (QED) is 0.158. The van der Waals surface area contributed by atoms with Gasteiger partial charge in [-0.3, -0.25) is 9.59 Å². The molecule has 2 atom stereocenters. The minimum atomic E-state index is -1.10. The third-order valence-electron chi connectivity index (χ3n) is 7.18. The Hall–Kier alpha value is -2.28. The van der Waals surface area contributed by atoms with E-state index >= 15 is 0 Å². The molecule has 0 amide bonds. The molecule has 256 valence electrons. The van der Waals surface area contributed by atoms with Crippen molar-refractivity contribution in [3.8, 4) is 11.5 Å². The van der Waals surface area contributed by atoms with Crippen molar-refractivity contribution in [1.82, 2.24) is 9.80 Å². The number of nitrogens with zero attached hydrogens (tertiary/aromatic N) is 2. The summed E-state index contributed by atoms with van der Waals surface area (Å²) in [5, 5.41) is 29.0. The maximum absolute atomic E-state index is 11.7. The zero-order chi connectivity index (χ0) is 32.6. The predicted molar refractivity (Wildman–Crippen MR) is 176 cm³/mol. The zero-order valence-electron chi connectivity index (χ0n) is 28.5. The molecule has 0 saturated heterocycles. The third kappa shape index (κ3) is 12.9. The molecule has 0 radical (unpaired) electrons. The van der Waals surface area contributed by atoms with Gasteiger partial charge in [0.15, 0.2) is 0 Å². The summed E-state index contributed by atoms with van der Waals surface area (Å²) in [7, 11) is 5.75. The summed E-state index contributed by atoms with van der Waals surface area (Å²) >= 11 is 0. The van der Waals surface area contributed by atoms with Crippen molar-refractivity contribution in [3.63, 3.8) is 0 Å². The third-order valence-corrected chi connectivity index (χ3v) is 7.18. The Bertz CT molecular complexity index is 1310. The molecule has 47 heavy (non-hydrogen) atoms. The number of carboxylic acids is 1. The Labute approximate surface area is 296 Å². The van der Waals surface area contributed by atoms with E-state index in [9.17, 15) is 19.6 Å². The van der Waals surface area contributed by atoms with E-state index in [-0.39, 0.29) is 55.6 Å². The Kier molecular flexibility index (Phi) is 19.9. The number of esters is 1. The van der Waals surface area contributed by atoms with E-state index in [1.807, 2.05) is 64.0 Å². The molecule has 0 fully saturated rings. The molecule has 4 rings (SSSR count). The van der Waals surface area contributed by atoms with Gasteiger partial charge in [0, 0.05) is 13.1 Å². The van der Waals surface area contributed by atoms with E-state index in [1.54, 1.807) is 19.1 Å². The van der Waals surface area contributed by atoms with Crippen LogP contribution in [0.5, 0.6) is 11.5 Å². The van der Waals surface area contributed by atoms with Gasteiger partial charge in [0.1, 0.15) is 24.7 Å². The van der Waals surface area contributed by atoms with E-state index in [1.165, 1.54) is 0 Å². The summed E-state index contributed by atoms with van der Waals surface area (Å²) in [6.45, 7) is 8.59. The van der Waals surface area contributed by atoms with Gasteiger partial charge in [-0.25, -0.2) is 0 Å². The van der Waals surface area contributed by atoms with Crippen LogP contribution in [0.4, 0.5) is 0 Å². The number of ether oxygens (including phenoxy) is 3. The SMILES string of the molecule is CCOC(=O)CC1OB(O)c2cc(OCCN(C)C)cc(C)c21.Cc1cc(OCCN(C)C)cc2c1C(CC(=O)O)OB2O.Cl.[Li+].[OH-]. The number of hydrogen-bond acceptors (Lipinski definition) is 12. The number of likely N-dealkylation sites (N-methyl/N-ethyl adjacent to an activating group) is 2. The normalized spacial score (nSPS) is 15.8. The van der Waals surface area contributed by atoms with Gasteiger partial charge in [-0.2, -0.15) is 0 Å². The summed E-state index contributed by atoms with van der Waals surface area (Å²) in [6, 6.07) is 7.27. The number of aliphatic carboxylic acids is 1. The molecule has 2 aliphatic rings. The largest absolute Gasteiger partial charge is 1.00 e. The molecular formula is C30H46B2ClLiN2O11. The molecule has 0 saturated carbocycles. The Morgan fingerprint density at radius 3 is 1.57 bits per heavy atom. The number of carboxylic acid groups (broad SMARTS) is 1. The molecule has 2 unspecified atom stereocenters. The topological polar surface area (TPSA) is 177 Å². The van der Waals surface area contributed by atoms with Crippen LogP contribution >= 0.6 is 12.4 Å². The smallest absolute Gasteiger partial charge is 0.870 e. The molecule has 0 bridgehead atoms. The number of fused-ring (bicyclic) bond motifs is 2. The number of carbonyl (C=O) groups excluding carboxylic acids is 1. The van der Waals surface area contributed by atoms with Crippen LogP contribution in [0.3, 0.4) is 0 Å². The average Bonchev–Trinajstić information content (AvgIpc) is 3.39. The number of hydrogen-bond donors (Lipinski definition) is 3. The van der Waals surface area contributed by atoms with Crippen molar-refractivity contribution in [1.29, 1.82) is 0 Å². The minimum absolute atomic E-state index is 0. The summed E-state index contributed by atoms with van der Waals surface area (Å²) in [5.41, 5.74) is 4.68. The van der Waals surface area contributed by atoms with E-state index < -0.39 is 32.4 Å². The van der Waals surface area contributed by atoms with Crippen LogP contribution < -0.4 is 39.3 Å². The van der Waals surface area contributed by atoms with Gasteiger partial charge in [-0.1, -0.05) is 0 Å².